The first-order chi connectivity index (χ1) is 8.15. The molecule has 0 aliphatic rings. The van der Waals surface area contributed by atoms with Gasteiger partial charge in [0.1, 0.15) is 5.82 Å². The quantitative estimate of drug-likeness (QED) is 0.824. The minimum atomic E-state index is -1.01. The highest BCUT2D eigenvalue weighted by Crippen LogP contribution is 2.10. The topological polar surface area (TPSA) is 55.1 Å². The fraction of sp³-hybridized carbons (Fsp3) is 0. The third kappa shape index (κ3) is 2.78. The predicted molar refractivity (Wildman–Crippen MR) is 60.2 cm³/mol. The summed E-state index contributed by atoms with van der Waals surface area (Å²) in [6.45, 7) is 0. The molecule has 0 radical (unpaired) electrons. The Labute approximate surface area is 96.6 Å². The lowest BCUT2D eigenvalue weighted by Crippen LogP contribution is -1.93. The molecule has 0 aliphatic carbocycles. The van der Waals surface area contributed by atoms with E-state index >= 15 is 0 Å². The van der Waals surface area contributed by atoms with Crippen LogP contribution in [-0.2, 0) is 4.79 Å². The molecule has 2 rings (SSSR count). The lowest BCUT2D eigenvalue weighted by atomic mass is 10.3. The number of hydrogen-bond donors (Lipinski definition) is 1. The van der Waals surface area contributed by atoms with Crippen LogP contribution in [-0.4, -0.2) is 20.9 Å². The normalized spacial score (nSPS) is 10.9. The van der Waals surface area contributed by atoms with E-state index in [0.717, 1.165) is 6.08 Å². The maximum absolute atomic E-state index is 12.7. The predicted octanol–water partition coefficient (Wildman–Crippen LogP) is 2.11. The number of halogens is 1. The molecule has 0 spiro atoms. The Morgan fingerprint density at radius 2 is 2.06 bits per heavy atom. The second-order valence-corrected chi connectivity index (χ2v) is 3.37. The van der Waals surface area contributed by atoms with Crippen LogP contribution < -0.4 is 0 Å². The first kappa shape index (κ1) is 11.1. The SMILES string of the molecule is O=C(O)C=Cc1cnn(-c2ccc(F)cc2)c1. The second kappa shape index (κ2) is 4.61. The summed E-state index contributed by atoms with van der Waals surface area (Å²) in [7, 11) is 0. The van der Waals surface area contributed by atoms with Gasteiger partial charge in [0.25, 0.3) is 0 Å². The number of benzene rings is 1. The summed E-state index contributed by atoms with van der Waals surface area (Å²) in [4.78, 5) is 10.3. The van der Waals surface area contributed by atoms with Crippen LogP contribution in [0.3, 0.4) is 0 Å². The molecule has 0 fully saturated rings. The fourth-order valence-electron chi connectivity index (χ4n) is 1.33. The molecule has 1 aromatic heterocycles. The molecular weight excluding hydrogens is 223 g/mol. The monoisotopic (exact) mass is 232 g/mol. The largest absolute Gasteiger partial charge is 0.478 e. The van der Waals surface area contributed by atoms with Crippen molar-refractivity contribution >= 4 is 12.0 Å². The lowest BCUT2D eigenvalue weighted by Gasteiger charge is -1.99. The molecule has 0 unspecified atom stereocenters. The van der Waals surface area contributed by atoms with Gasteiger partial charge in [-0.3, -0.25) is 0 Å². The van der Waals surface area contributed by atoms with E-state index in [9.17, 15) is 9.18 Å². The van der Waals surface area contributed by atoms with Gasteiger partial charge in [-0.25, -0.2) is 13.9 Å². The maximum atomic E-state index is 12.7. The molecule has 86 valence electrons. The summed E-state index contributed by atoms with van der Waals surface area (Å²) in [6.07, 6.45) is 5.66. The molecule has 1 aromatic carbocycles. The summed E-state index contributed by atoms with van der Waals surface area (Å²) >= 11 is 0. The summed E-state index contributed by atoms with van der Waals surface area (Å²) in [6, 6.07) is 5.85. The van der Waals surface area contributed by atoms with E-state index in [1.165, 1.54) is 24.4 Å². The van der Waals surface area contributed by atoms with E-state index < -0.39 is 5.97 Å². The van der Waals surface area contributed by atoms with Crippen LogP contribution in [0.4, 0.5) is 4.39 Å². The Balaban J connectivity index is 2.23. The molecule has 0 amide bonds. The van der Waals surface area contributed by atoms with Crippen LogP contribution in [0.2, 0.25) is 0 Å². The Hall–Kier alpha value is -2.43. The minimum absolute atomic E-state index is 0.313. The number of nitrogens with zero attached hydrogens (tertiary/aromatic N) is 2. The average Bonchev–Trinajstić information content (AvgIpc) is 2.76. The molecule has 2 aromatic rings. The van der Waals surface area contributed by atoms with Crippen molar-refractivity contribution in [2.45, 2.75) is 0 Å². The smallest absolute Gasteiger partial charge is 0.328 e. The van der Waals surface area contributed by atoms with Gasteiger partial charge in [0, 0.05) is 17.8 Å². The minimum Gasteiger partial charge on any atom is -0.478 e. The molecule has 4 nitrogen and oxygen atoms in total. The zero-order chi connectivity index (χ0) is 12.3. The summed E-state index contributed by atoms with van der Waals surface area (Å²) < 4.78 is 14.3. The second-order valence-electron chi connectivity index (χ2n) is 3.37. The van der Waals surface area contributed by atoms with Crippen LogP contribution >= 0.6 is 0 Å². The molecule has 17 heavy (non-hydrogen) atoms. The zero-order valence-corrected chi connectivity index (χ0v) is 8.75. The van der Waals surface area contributed by atoms with Gasteiger partial charge in [-0.15, -0.1) is 0 Å². The van der Waals surface area contributed by atoms with Crippen molar-refractivity contribution in [1.82, 2.24) is 9.78 Å². The zero-order valence-electron chi connectivity index (χ0n) is 8.75. The van der Waals surface area contributed by atoms with Crippen LogP contribution in [0.5, 0.6) is 0 Å². The van der Waals surface area contributed by atoms with E-state index in [-0.39, 0.29) is 5.82 Å². The molecule has 1 N–H and O–H groups in total. The molecular formula is C12H9FN2O2. The van der Waals surface area contributed by atoms with Gasteiger partial charge in [0.05, 0.1) is 11.9 Å². The Kier molecular flexibility index (Phi) is 3.00. The third-order valence-corrected chi connectivity index (χ3v) is 2.11. The molecule has 0 saturated carbocycles. The molecule has 5 heteroatoms. The number of carboxylic acid groups (broad SMARTS) is 1. The summed E-state index contributed by atoms with van der Waals surface area (Å²) in [5.41, 5.74) is 1.37. The van der Waals surface area contributed by atoms with Crippen LogP contribution in [0.25, 0.3) is 11.8 Å². The average molecular weight is 232 g/mol. The number of aliphatic carboxylic acids is 1. The molecule has 0 aliphatic heterocycles. The highest BCUT2D eigenvalue weighted by molar-refractivity contribution is 5.85. The maximum Gasteiger partial charge on any atom is 0.328 e. The van der Waals surface area contributed by atoms with Gasteiger partial charge in [-0.2, -0.15) is 5.10 Å². The van der Waals surface area contributed by atoms with Crippen molar-refractivity contribution in [3.63, 3.8) is 0 Å². The van der Waals surface area contributed by atoms with Gasteiger partial charge in [-0.1, -0.05) is 0 Å². The van der Waals surface area contributed by atoms with Crippen molar-refractivity contribution in [2.24, 2.45) is 0 Å². The van der Waals surface area contributed by atoms with E-state index in [4.69, 9.17) is 5.11 Å². The number of carboxylic acids is 1. The summed E-state index contributed by atoms with van der Waals surface area (Å²) in [5.74, 6) is -1.33. The first-order valence-electron chi connectivity index (χ1n) is 4.87. The van der Waals surface area contributed by atoms with Crippen molar-refractivity contribution in [1.29, 1.82) is 0 Å². The van der Waals surface area contributed by atoms with Crippen LogP contribution in [0, 0.1) is 5.82 Å². The third-order valence-electron chi connectivity index (χ3n) is 2.11. The van der Waals surface area contributed by atoms with Gasteiger partial charge < -0.3 is 5.11 Å². The fourth-order valence-corrected chi connectivity index (χ4v) is 1.33. The summed E-state index contributed by atoms with van der Waals surface area (Å²) in [5, 5.41) is 12.5. The van der Waals surface area contributed by atoms with E-state index in [1.807, 2.05) is 0 Å². The van der Waals surface area contributed by atoms with E-state index in [0.29, 0.717) is 11.3 Å². The molecule has 0 bridgehead atoms. The van der Waals surface area contributed by atoms with E-state index in [1.54, 1.807) is 23.0 Å². The van der Waals surface area contributed by atoms with Gasteiger partial charge in [0.2, 0.25) is 0 Å². The van der Waals surface area contributed by atoms with Crippen molar-refractivity contribution < 1.29 is 14.3 Å². The highest BCUT2D eigenvalue weighted by atomic mass is 19.1. The van der Waals surface area contributed by atoms with Crippen LogP contribution in [0.1, 0.15) is 5.56 Å². The van der Waals surface area contributed by atoms with Crippen molar-refractivity contribution in [3.05, 3.63) is 54.1 Å². The standard InChI is InChI=1S/C12H9FN2O2/c13-10-2-4-11(5-3-10)15-8-9(7-14-15)1-6-12(16)17/h1-8H,(H,16,17). The van der Waals surface area contributed by atoms with Gasteiger partial charge >= 0.3 is 5.97 Å². The highest BCUT2D eigenvalue weighted by Gasteiger charge is 1.99. The Morgan fingerprint density at radius 3 is 2.71 bits per heavy atom. The first-order valence-corrected chi connectivity index (χ1v) is 4.87. The molecule has 1 heterocycles. The number of hydrogen-bond acceptors (Lipinski definition) is 2. The number of carbonyl (C=O) groups is 1. The number of rotatable bonds is 3. The van der Waals surface area contributed by atoms with Gasteiger partial charge in [0.15, 0.2) is 0 Å². The van der Waals surface area contributed by atoms with Crippen LogP contribution in [0.15, 0.2) is 42.7 Å². The van der Waals surface area contributed by atoms with E-state index in [2.05, 4.69) is 5.10 Å². The Bertz CT molecular complexity index is 558. The molecule has 0 atom stereocenters. The Morgan fingerprint density at radius 1 is 1.35 bits per heavy atom. The van der Waals surface area contributed by atoms with Gasteiger partial charge in [-0.05, 0) is 30.3 Å². The lowest BCUT2D eigenvalue weighted by molar-refractivity contribution is -0.131. The number of aromatic nitrogens is 2. The van der Waals surface area contributed by atoms with Crippen molar-refractivity contribution in [2.75, 3.05) is 0 Å². The molecule has 0 saturated heterocycles. The van der Waals surface area contributed by atoms with Crippen molar-refractivity contribution in [3.8, 4) is 5.69 Å².